The number of nitrogens with one attached hydrogen (secondary N) is 1. The van der Waals surface area contributed by atoms with Gasteiger partial charge in [-0.05, 0) is 25.7 Å². The Morgan fingerprint density at radius 3 is 2.50 bits per heavy atom. The average Bonchev–Trinajstić information content (AvgIpc) is 3.12. The minimum Gasteiger partial charge on any atom is -0.349 e. The number of rotatable bonds is 4. The van der Waals surface area contributed by atoms with E-state index in [0.29, 0.717) is 31.9 Å². The summed E-state index contributed by atoms with van der Waals surface area (Å²) in [7, 11) is -3.27. The molecule has 2 atom stereocenters. The Balaban J connectivity index is 1.90. The maximum Gasteiger partial charge on any atom is 0.285 e. The van der Waals surface area contributed by atoms with Crippen LogP contribution >= 0.6 is 0 Å². The molecule has 1 N–H and O–H groups in total. The highest BCUT2D eigenvalue weighted by Crippen LogP contribution is 2.41. The van der Waals surface area contributed by atoms with Gasteiger partial charge in [-0.15, -0.1) is 0 Å². The lowest BCUT2D eigenvalue weighted by atomic mass is 9.85. The summed E-state index contributed by atoms with van der Waals surface area (Å²) in [6.07, 6.45) is 4.14. The van der Waals surface area contributed by atoms with Crippen LogP contribution in [0.5, 0.6) is 0 Å². The van der Waals surface area contributed by atoms with Crippen LogP contribution in [-0.2, 0) is 22.0 Å². The highest BCUT2D eigenvalue weighted by molar-refractivity contribution is 7.88. The molecule has 0 radical (unpaired) electrons. The highest BCUT2D eigenvalue weighted by Gasteiger charge is 2.48. The molecule has 3 heterocycles. The van der Waals surface area contributed by atoms with E-state index < -0.39 is 26.9 Å². The van der Waals surface area contributed by atoms with E-state index in [2.05, 4.69) is 10.3 Å². The molecule has 2 aliphatic rings. The predicted octanol–water partition coefficient (Wildman–Crippen LogP) is 0.324. The van der Waals surface area contributed by atoms with E-state index in [9.17, 15) is 18.0 Å². The second-order valence-electron chi connectivity index (χ2n) is 7.86. The Morgan fingerprint density at radius 2 is 1.92 bits per heavy atom. The zero-order valence-corrected chi connectivity index (χ0v) is 16.5. The smallest absolute Gasteiger partial charge is 0.285 e. The van der Waals surface area contributed by atoms with Gasteiger partial charge in [0.1, 0.15) is 11.4 Å². The van der Waals surface area contributed by atoms with Crippen molar-refractivity contribution >= 4 is 15.9 Å². The fourth-order valence-corrected chi connectivity index (χ4v) is 4.55. The van der Waals surface area contributed by atoms with E-state index in [1.807, 2.05) is 25.3 Å². The number of hydrogen-bond acceptors (Lipinski definition) is 5. The molecule has 144 valence electrons. The fraction of sp³-hybridized carbons (Fsp3) is 0.706. The van der Waals surface area contributed by atoms with Crippen molar-refractivity contribution in [1.29, 1.82) is 0 Å². The van der Waals surface area contributed by atoms with E-state index >= 15 is 0 Å². The summed E-state index contributed by atoms with van der Waals surface area (Å²) >= 11 is 0. The number of nitrogens with zero attached hydrogens (tertiary/aromatic N) is 3. The summed E-state index contributed by atoms with van der Waals surface area (Å²) in [5, 5.41) is 2.84. The molecule has 26 heavy (non-hydrogen) atoms. The number of hydrogen-bond donors (Lipinski definition) is 1. The fourth-order valence-electron chi connectivity index (χ4n) is 3.64. The largest absolute Gasteiger partial charge is 0.349 e. The van der Waals surface area contributed by atoms with E-state index in [-0.39, 0.29) is 17.5 Å². The van der Waals surface area contributed by atoms with Gasteiger partial charge in [-0.25, -0.2) is 12.7 Å². The summed E-state index contributed by atoms with van der Waals surface area (Å²) in [6, 6.07) is -0.0513. The van der Waals surface area contributed by atoms with Gasteiger partial charge in [-0.3, -0.25) is 9.59 Å². The van der Waals surface area contributed by atoms with Crippen LogP contribution < -0.4 is 10.9 Å². The number of sulfonamides is 1. The molecule has 1 aromatic rings. The molecule has 1 spiro atoms. The first-order valence-electron chi connectivity index (χ1n) is 8.91. The first-order chi connectivity index (χ1) is 12.0. The summed E-state index contributed by atoms with van der Waals surface area (Å²) < 4.78 is 27.0. The van der Waals surface area contributed by atoms with Crippen LogP contribution in [0.3, 0.4) is 0 Å². The third-order valence-corrected chi connectivity index (χ3v) is 6.94. The highest BCUT2D eigenvalue weighted by atomic mass is 32.2. The first-order valence-corrected chi connectivity index (χ1v) is 10.8. The number of aryl methyl sites for hydroxylation is 1. The third kappa shape index (κ3) is 3.29. The van der Waals surface area contributed by atoms with Crippen molar-refractivity contribution in [2.75, 3.05) is 19.3 Å². The van der Waals surface area contributed by atoms with Gasteiger partial charge < -0.3 is 9.88 Å². The van der Waals surface area contributed by atoms with Crippen molar-refractivity contribution in [1.82, 2.24) is 19.2 Å². The van der Waals surface area contributed by atoms with Gasteiger partial charge in [0, 0.05) is 37.3 Å². The molecule has 1 aromatic heterocycles. The summed E-state index contributed by atoms with van der Waals surface area (Å²) in [6.45, 7) is 7.29. The van der Waals surface area contributed by atoms with Crippen LogP contribution in [0.15, 0.2) is 11.0 Å². The molecule has 0 aromatic carbocycles. The number of carbonyl (C=O) groups excluding carboxylic acids is 1. The number of amides is 1. The standard InChI is InChI=1S/C17H26N4O4S/c1-11(2)12(3)18-14(22)13-9-20-7-5-17(16(20)19-15(13)23)6-8-21(10-17)26(4,24)25/h9,11-12H,5-8,10H2,1-4H3,(H,18,22)/t12-,17+/m1/s1. The van der Waals surface area contributed by atoms with E-state index in [0.717, 1.165) is 6.42 Å². The van der Waals surface area contributed by atoms with Crippen molar-refractivity contribution in [3.8, 4) is 0 Å². The van der Waals surface area contributed by atoms with E-state index in [1.165, 1.54) is 10.6 Å². The van der Waals surface area contributed by atoms with Crippen molar-refractivity contribution in [2.45, 2.75) is 51.6 Å². The first kappa shape index (κ1) is 19.0. The van der Waals surface area contributed by atoms with Crippen LogP contribution in [-0.4, -0.2) is 53.6 Å². The Kier molecular flexibility index (Phi) is 4.72. The normalized spacial score (nSPS) is 24.2. The van der Waals surface area contributed by atoms with Crippen LogP contribution in [0.1, 0.15) is 49.8 Å². The van der Waals surface area contributed by atoms with Gasteiger partial charge >= 0.3 is 0 Å². The minimum absolute atomic E-state index is 0.0382. The monoisotopic (exact) mass is 382 g/mol. The van der Waals surface area contributed by atoms with Crippen LogP contribution in [0, 0.1) is 5.92 Å². The lowest BCUT2D eigenvalue weighted by molar-refractivity contribution is 0.0928. The molecule has 9 heteroatoms. The molecular weight excluding hydrogens is 356 g/mol. The maximum atomic E-state index is 12.5. The second-order valence-corrected chi connectivity index (χ2v) is 9.84. The zero-order chi connectivity index (χ0) is 19.3. The maximum absolute atomic E-state index is 12.5. The average molecular weight is 382 g/mol. The van der Waals surface area contributed by atoms with Crippen LogP contribution in [0.2, 0.25) is 0 Å². The Morgan fingerprint density at radius 1 is 1.27 bits per heavy atom. The van der Waals surface area contributed by atoms with Crippen LogP contribution in [0.4, 0.5) is 0 Å². The lowest BCUT2D eigenvalue weighted by Gasteiger charge is -2.22. The Hall–Kier alpha value is -1.74. The van der Waals surface area contributed by atoms with Gasteiger partial charge in [0.15, 0.2) is 0 Å². The quantitative estimate of drug-likeness (QED) is 0.808. The molecule has 0 saturated carbocycles. The molecule has 1 fully saturated rings. The van der Waals surface area contributed by atoms with Gasteiger partial charge in [0.25, 0.3) is 11.5 Å². The summed E-state index contributed by atoms with van der Waals surface area (Å²) in [5.41, 5.74) is -0.942. The predicted molar refractivity (Wildman–Crippen MR) is 97.6 cm³/mol. The minimum atomic E-state index is -3.27. The van der Waals surface area contributed by atoms with Gasteiger partial charge in [0.05, 0.1) is 6.26 Å². The number of fused-ring (bicyclic) bond motifs is 2. The molecule has 1 amide bonds. The van der Waals surface area contributed by atoms with E-state index in [1.54, 1.807) is 6.20 Å². The zero-order valence-electron chi connectivity index (χ0n) is 15.7. The van der Waals surface area contributed by atoms with Gasteiger partial charge in [-0.2, -0.15) is 4.98 Å². The number of carbonyl (C=O) groups is 1. The van der Waals surface area contributed by atoms with Crippen molar-refractivity contribution < 1.29 is 13.2 Å². The molecule has 0 unspecified atom stereocenters. The lowest BCUT2D eigenvalue weighted by Crippen LogP contribution is -2.40. The Labute approximate surface area is 153 Å². The molecule has 3 rings (SSSR count). The number of aromatic nitrogens is 2. The van der Waals surface area contributed by atoms with Crippen molar-refractivity contribution in [3.05, 3.63) is 27.9 Å². The molecular formula is C17H26N4O4S. The molecule has 8 nitrogen and oxygen atoms in total. The topological polar surface area (TPSA) is 101 Å². The Bertz CT molecular complexity index is 893. The molecule has 0 bridgehead atoms. The second kappa shape index (κ2) is 6.45. The van der Waals surface area contributed by atoms with Gasteiger partial charge in [0.2, 0.25) is 10.0 Å². The van der Waals surface area contributed by atoms with Crippen LogP contribution in [0.25, 0.3) is 0 Å². The molecule has 2 aliphatic heterocycles. The van der Waals surface area contributed by atoms with E-state index in [4.69, 9.17) is 0 Å². The van der Waals surface area contributed by atoms with Crippen molar-refractivity contribution in [3.63, 3.8) is 0 Å². The SMILES string of the molecule is CC(C)[C@@H](C)NC(=O)c1cn2c(nc1=O)[C@]1(CCN(S(C)(=O)=O)C1)CC2. The van der Waals surface area contributed by atoms with Gasteiger partial charge in [-0.1, -0.05) is 13.8 Å². The molecule has 0 aliphatic carbocycles. The molecule has 1 saturated heterocycles. The van der Waals surface area contributed by atoms with Crippen molar-refractivity contribution in [2.24, 2.45) is 5.92 Å². The third-order valence-electron chi connectivity index (χ3n) is 5.69. The summed E-state index contributed by atoms with van der Waals surface area (Å²) in [5.74, 6) is 0.444. The summed E-state index contributed by atoms with van der Waals surface area (Å²) in [4.78, 5) is 29.1.